The number of morpholine rings is 1. The number of para-hydroxylation sites is 1. The van der Waals surface area contributed by atoms with Crippen molar-refractivity contribution in [1.29, 1.82) is 0 Å². The number of ether oxygens (including phenoxy) is 2. The second kappa shape index (κ2) is 11.1. The summed E-state index contributed by atoms with van der Waals surface area (Å²) in [5.41, 5.74) is 2.53. The Kier molecular flexibility index (Phi) is 8.45. The molecular weight excluding hydrogens is 473 g/mol. The van der Waals surface area contributed by atoms with Crippen LogP contribution in [0.15, 0.2) is 36.5 Å². The molecule has 0 aliphatic carbocycles. The fourth-order valence-electron chi connectivity index (χ4n) is 3.63. The number of imidazole rings is 1. The van der Waals surface area contributed by atoms with Crippen molar-refractivity contribution < 1.29 is 22.6 Å². The van der Waals surface area contributed by atoms with Gasteiger partial charge in [0, 0.05) is 37.8 Å². The molecule has 1 saturated heterocycles. The molecule has 34 heavy (non-hydrogen) atoms. The minimum Gasteiger partial charge on any atom is -0.405 e. The summed E-state index contributed by atoms with van der Waals surface area (Å²) in [6.07, 6.45) is -2.98. The van der Waals surface area contributed by atoms with Crippen LogP contribution in [-0.2, 0) is 11.3 Å². The van der Waals surface area contributed by atoms with E-state index in [1.807, 2.05) is 13.8 Å². The monoisotopic (exact) mass is 500 g/mol. The summed E-state index contributed by atoms with van der Waals surface area (Å²) in [7, 11) is 0. The Balaban J connectivity index is 0.00000324. The standard InChI is InChI=1S/C22H27F3N6O2.ClH/c1-14(2)18-13-29-21-17(27-10-15-5-3-4-6-19(15)33-22(23,24)25)9-20(30-31(18)21)28-12-16-11-26-7-8-32-16;/h3-6,9,13-14,16,26-27H,7-8,10-12H2,1-2H3,(H,28,30);1H/t16-;/m1./s1. The number of anilines is 2. The molecule has 1 aliphatic heterocycles. The third-order valence-electron chi connectivity index (χ3n) is 5.27. The molecular formula is C22H28ClF3N6O2. The Hall–Kier alpha value is -2.76. The molecule has 8 nitrogen and oxygen atoms in total. The average Bonchev–Trinajstić information content (AvgIpc) is 3.21. The maximum absolute atomic E-state index is 12.8. The van der Waals surface area contributed by atoms with E-state index >= 15 is 0 Å². The van der Waals surface area contributed by atoms with E-state index < -0.39 is 6.36 Å². The number of hydrogen-bond donors (Lipinski definition) is 3. The number of hydrogen-bond acceptors (Lipinski definition) is 7. The molecule has 0 saturated carbocycles. The van der Waals surface area contributed by atoms with Crippen molar-refractivity contribution in [2.24, 2.45) is 0 Å². The lowest BCUT2D eigenvalue weighted by Crippen LogP contribution is -2.42. The van der Waals surface area contributed by atoms with Gasteiger partial charge in [-0.15, -0.1) is 30.7 Å². The Labute approximate surface area is 201 Å². The van der Waals surface area contributed by atoms with Crippen LogP contribution in [0.4, 0.5) is 24.7 Å². The number of halogens is 4. The van der Waals surface area contributed by atoms with E-state index in [2.05, 4.69) is 30.8 Å². The lowest BCUT2D eigenvalue weighted by molar-refractivity contribution is -0.274. The highest BCUT2D eigenvalue weighted by atomic mass is 35.5. The summed E-state index contributed by atoms with van der Waals surface area (Å²) < 4.78 is 50.0. The van der Waals surface area contributed by atoms with E-state index in [9.17, 15) is 13.2 Å². The Bertz CT molecular complexity index is 1090. The Morgan fingerprint density at radius 2 is 2.06 bits per heavy atom. The first-order valence-electron chi connectivity index (χ1n) is 10.8. The lowest BCUT2D eigenvalue weighted by atomic mass is 10.1. The Morgan fingerprint density at radius 3 is 2.76 bits per heavy atom. The van der Waals surface area contributed by atoms with Gasteiger partial charge in [0.2, 0.25) is 0 Å². The molecule has 3 heterocycles. The fourth-order valence-corrected chi connectivity index (χ4v) is 3.63. The van der Waals surface area contributed by atoms with Gasteiger partial charge in [0.25, 0.3) is 0 Å². The second-order valence-corrected chi connectivity index (χ2v) is 8.10. The van der Waals surface area contributed by atoms with Gasteiger partial charge < -0.3 is 25.4 Å². The van der Waals surface area contributed by atoms with E-state index in [0.29, 0.717) is 35.9 Å². The van der Waals surface area contributed by atoms with Crippen molar-refractivity contribution >= 4 is 29.6 Å². The van der Waals surface area contributed by atoms with Crippen molar-refractivity contribution in [1.82, 2.24) is 19.9 Å². The average molecular weight is 501 g/mol. The first-order valence-corrected chi connectivity index (χ1v) is 10.8. The maximum Gasteiger partial charge on any atom is 0.573 e. The second-order valence-electron chi connectivity index (χ2n) is 8.10. The zero-order chi connectivity index (χ0) is 23.4. The highest BCUT2D eigenvalue weighted by Crippen LogP contribution is 2.28. The van der Waals surface area contributed by atoms with Crippen LogP contribution in [0, 0.1) is 0 Å². The van der Waals surface area contributed by atoms with Crippen LogP contribution >= 0.6 is 12.4 Å². The van der Waals surface area contributed by atoms with Gasteiger partial charge in [-0.3, -0.25) is 0 Å². The topological polar surface area (TPSA) is 84.7 Å². The number of rotatable bonds is 8. The molecule has 0 unspecified atom stereocenters. The summed E-state index contributed by atoms with van der Waals surface area (Å²) in [4.78, 5) is 4.49. The molecule has 1 fully saturated rings. The van der Waals surface area contributed by atoms with Crippen LogP contribution in [0.3, 0.4) is 0 Å². The van der Waals surface area contributed by atoms with E-state index in [4.69, 9.17) is 4.74 Å². The normalized spacial score (nSPS) is 16.4. The quantitative estimate of drug-likeness (QED) is 0.428. The van der Waals surface area contributed by atoms with Gasteiger partial charge in [0.1, 0.15) is 11.6 Å². The molecule has 3 aromatic rings. The molecule has 0 bridgehead atoms. The van der Waals surface area contributed by atoms with E-state index in [-0.39, 0.29) is 36.7 Å². The molecule has 2 aromatic heterocycles. The van der Waals surface area contributed by atoms with Gasteiger partial charge in [0.05, 0.1) is 30.3 Å². The van der Waals surface area contributed by atoms with Gasteiger partial charge in [-0.1, -0.05) is 32.0 Å². The summed E-state index contributed by atoms with van der Waals surface area (Å²) in [5, 5.41) is 14.5. The molecule has 4 rings (SSSR count). The zero-order valence-electron chi connectivity index (χ0n) is 18.9. The number of alkyl halides is 3. The van der Waals surface area contributed by atoms with Crippen molar-refractivity contribution in [3.8, 4) is 5.75 Å². The van der Waals surface area contributed by atoms with Gasteiger partial charge in [-0.25, -0.2) is 9.50 Å². The minimum atomic E-state index is -4.76. The van der Waals surface area contributed by atoms with Crippen molar-refractivity contribution in [2.45, 2.75) is 38.8 Å². The minimum absolute atomic E-state index is 0. The van der Waals surface area contributed by atoms with Gasteiger partial charge in [0.15, 0.2) is 5.65 Å². The number of nitrogens with one attached hydrogen (secondary N) is 3. The van der Waals surface area contributed by atoms with Crippen LogP contribution in [0.2, 0.25) is 0 Å². The zero-order valence-corrected chi connectivity index (χ0v) is 19.7. The molecule has 12 heteroatoms. The largest absolute Gasteiger partial charge is 0.573 e. The first-order chi connectivity index (χ1) is 15.8. The van der Waals surface area contributed by atoms with Crippen LogP contribution < -0.4 is 20.7 Å². The van der Waals surface area contributed by atoms with E-state index in [1.54, 1.807) is 28.9 Å². The summed E-state index contributed by atoms with van der Waals surface area (Å²) in [5.74, 6) is 0.551. The van der Waals surface area contributed by atoms with E-state index in [0.717, 1.165) is 18.8 Å². The number of fused-ring (bicyclic) bond motifs is 1. The summed E-state index contributed by atoms with van der Waals surface area (Å²) in [6, 6.07) is 7.85. The van der Waals surface area contributed by atoms with Crippen molar-refractivity contribution in [3.63, 3.8) is 0 Å². The molecule has 1 aliphatic rings. The first kappa shape index (κ1) is 25.9. The summed E-state index contributed by atoms with van der Waals surface area (Å²) >= 11 is 0. The highest BCUT2D eigenvalue weighted by molar-refractivity contribution is 5.85. The lowest BCUT2D eigenvalue weighted by Gasteiger charge is -2.24. The summed E-state index contributed by atoms with van der Waals surface area (Å²) in [6.45, 7) is 7.02. The molecule has 3 N–H and O–H groups in total. The molecule has 1 atom stereocenters. The number of benzene rings is 1. The van der Waals surface area contributed by atoms with E-state index in [1.165, 1.54) is 12.1 Å². The van der Waals surface area contributed by atoms with Crippen LogP contribution in [0.1, 0.15) is 31.0 Å². The third-order valence-corrected chi connectivity index (χ3v) is 5.27. The van der Waals surface area contributed by atoms with Gasteiger partial charge in [-0.2, -0.15) is 0 Å². The van der Waals surface area contributed by atoms with Gasteiger partial charge in [-0.05, 0) is 12.0 Å². The number of aromatic nitrogens is 3. The van der Waals surface area contributed by atoms with Gasteiger partial charge >= 0.3 is 6.36 Å². The smallest absolute Gasteiger partial charge is 0.405 e. The van der Waals surface area contributed by atoms with Crippen LogP contribution in [0.5, 0.6) is 5.75 Å². The Morgan fingerprint density at radius 1 is 1.26 bits per heavy atom. The SMILES string of the molecule is CC(C)c1cnc2c(NCc3ccccc3OC(F)(F)F)cc(NC[C@H]3CNCCO3)nn12.Cl. The maximum atomic E-state index is 12.8. The highest BCUT2D eigenvalue weighted by Gasteiger charge is 2.32. The van der Waals surface area contributed by atoms with Crippen molar-refractivity contribution in [3.05, 3.63) is 47.8 Å². The fraction of sp³-hybridized carbons (Fsp3) is 0.455. The molecule has 0 spiro atoms. The predicted molar refractivity (Wildman–Crippen MR) is 126 cm³/mol. The third kappa shape index (κ3) is 6.43. The molecule has 186 valence electrons. The predicted octanol–water partition coefficient (Wildman–Crippen LogP) is 4.19. The van der Waals surface area contributed by atoms with Crippen LogP contribution in [-0.4, -0.2) is 53.3 Å². The van der Waals surface area contributed by atoms with Crippen LogP contribution in [0.25, 0.3) is 5.65 Å². The molecule has 0 radical (unpaired) electrons. The number of nitrogens with zero attached hydrogens (tertiary/aromatic N) is 3. The van der Waals surface area contributed by atoms with Crippen molar-refractivity contribution in [2.75, 3.05) is 36.9 Å². The molecule has 0 amide bonds. The molecule has 1 aromatic carbocycles.